The van der Waals surface area contributed by atoms with Crippen LogP contribution in [-0.2, 0) is 0 Å². The minimum Gasteiger partial charge on any atom is -0.478 e. The van der Waals surface area contributed by atoms with Gasteiger partial charge in [0, 0.05) is 21.9 Å². The highest BCUT2D eigenvalue weighted by molar-refractivity contribution is 6.34. The van der Waals surface area contributed by atoms with Crippen molar-refractivity contribution in [2.75, 3.05) is 0 Å². The first-order valence-corrected chi connectivity index (χ1v) is 10.9. The van der Waals surface area contributed by atoms with E-state index in [1.54, 1.807) is 18.3 Å². The van der Waals surface area contributed by atoms with Crippen molar-refractivity contribution in [1.29, 1.82) is 0 Å². The molecule has 0 aliphatic rings. The van der Waals surface area contributed by atoms with Gasteiger partial charge in [0.05, 0.1) is 33.7 Å². The Labute approximate surface area is 198 Å². The van der Waals surface area contributed by atoms with E-state index < -0.39 is 11.8 Å². The number of fused-ring (bicyclic) bond motifs is 2. The van der Waals surface area contributed by atoms with Crippen LogP contribution < -0.4 is 0 Å². The first-order valence-electron chi connectivity index (χ1n) is 10.5. The lowest BCUT2D eigenvalue weighted by Gasteiger charge is -2.19. The lowest BCUT2D eigenvalue weighted by molar-refractivity contribution is 0.0696. The Kier molecular flexibility index (Phi) is 5.29. The number of carbonyl (C=O) groups is 1. The average Bonchev–Trinajstić information content (AvgIpc) is 3.26. The molecule has 2 N–H and O–H groups in total. The van der Waals surface area contributed by atoms with Crippen LogP contribution in [0.2, 0.25) is 5.02 Å². The summed E-state index contributed by atoms with van der Waals surface area (Å²) < 4.78 is 28.9. The average molecular weight is 478 g/mol. The Morgan fingerprint density at radius 3 is 2.47 bits per heavy atom. The number of halogens is 3. The maximum atomic E-state index is 15.2. The van der Waals surface area contributed by atoms with Gasteiger partial charge in [-0.2, -0.15) is 5.10 Å². The lowest BCUT2D eigenvalue weighted by Crippen LogP contribution is -2.04. The molecule has 5 rings (SSSR count). The van der Waals surface area contributed by atoms with Gasteiger partial charge in [0.1, 0.15) is 11.6 Å². The molecule has 0 bridgehead atoms. The predicted molar refractivity (Wildman–Crippen MR) is 128 cm³/mol. The summed E-state index contributed by atoms with van der Waals surface area (Å²) in [6.07, 6.45) is 1.69. The normalized spacial score (nSPS) is 11.6. The number of nitrogens with one attached hydrogen (secondary N) is 1. The molecule has 0 aliphatic carbocycles. The summed E-state index contributed by atoms with van der Waals surface area (Å²) in [5.41, 5.74) is 3.10. The van der Waals surface area contributed by atoms with Gasteiger partial charge in [0.2, 0.25) is 0 Å². The molecule has 5 nitrogen and oxygen atoms in total. The molecule has 2 aromatic heterocycles. The number of aromatic carboxylic acids is 1. The summed E-state index contributed by atoms with van der Waals surface area (Å²) in [6, 6.07) is 12.1. The van der Waals surface area contributed by atoms with Crippen molar-refractivity contribution in [2.24, 2.45) is 0 Å². The Hall–Kier alpha value is -3.84. The zero-order valence-corrected chi connectivity index (χ0v) is 18.9. The van der Waals surface area contributed by atoms with Gasteiger partial charge < -0.3 is 5.11 Å². The molecule has 0 saturated heterocycles. The third kappa shape index (κ3) is 3.58. The largest absolute Gasteiger partial charge is 0.478 e. The van der Waals surface area contributed by atoms with E-state index in [4.69, 9.17) is 16.6 Å². The van der Waals surface area contributed by atoms with Crippen molar-refractivity contribution < 1.29 is 18.7 Å². The van der Waals surface area contributed by atoms with Gasteiger partial charge in [0.15, 0.2) is 0 Å². The van der Waals surface area contributed by atoms with Crippen molar-refractivity contribution in [3.05, 3.63) is 82.6 Å². The molecule has 8 heteroatoms. The maximum absolute atomic E-state index is 15.2. The van der Waals surface area contributed by atoms with Crippen LogP contribution in [0.5, 0.6) is 0 Å². The quantitative estimate of drug-likeness (QED) is 0.287. The molecule has 34 heavy (non-hydrogen) atoms. The van der Waals surface area contributed by atoms with E-state index in [0.717, 1.165) is 33.5 Å². The Morgan fingerprint density at radius 1 is 1.06 bits per heavy atom. The molecule has 3 aromatic carbocycles. The SMILES string of the molecule is CC(C)c1nc(-c2cc(Cl)c(C(=O)O)cc2F)c2cc3[nH]ncc3cc2c1-c1ccc(F)cc1. The summed E-state index contributed by atoms with van der Waals surface area (Å²) in [5.74, 6) is -2.47. The number of benzene rings is 3. The molecule has 2 heterocycles. The minimum atomic E-state index is -1.32. The second kappa shape index (κ2) is 8.18. The standard InChI is InChI=1S/C26H18ClF2N3O2/c1-12(2)24-23(13-3-5-15(28)6-4-13)16-7-14-11-30-32-22(14)10-17(16)25(31-24)19-8-20(27)18(26(33)34)9-21(19)29/h3-12H,1-2H3,(H,30,32)(H,33,34). The number of rotatable bonds is 4. The molecule has 0 fully saturated rings. The number of nitrogens with zero attached hydrogens (tertiary/aromatic N) is 2. The fourth-order valence-corrected chi connectivity index (χ4v) is 4.45. The Balaban J connectivity index is 1.93. The van der Waals surface area contributed by atoms with Gasteiger partial charge in [-0.3, -0.25) is 10.1 Å². The van der Waals surface area contributed by atoms with E-state index in [1.165, 1.54) is 18.2 Å². The predicted octanol–water partition coefficient (Wildman–Crippen LogP) is 7.20. The van der Waals surface area contributed by atoms with Gasteiger partial charge in [-0.05, 0) is 53.3 Å². The van der Waals surface area contributed by atoms with Crippen molar-refractivity contribution in [3.63, 3.8) is 0 Å². The van der Waals surface area contributed by atoms with Crippen LogP contribution in [0.1, 0.15) is 35.8 Å². The van der Waals surface area contributed by atoms with Crippen LogP contribution in [0, 0.1) is 11.6 Å². The number of H-pyrrole nitrogens is 1. The number of aromatic amines is 1. The zero-order valence-electron chi connectivity index (χ0n) is 18.2. The molecule has 0 radical (unpaired) electrons. The molecule has 0 unspecified atom stereocenters. The molecule has 0 atom stereocenters. The van der Waals surface area contributed by atoms with Crippen LogP contribution >= 0.6 is 11.6 Å². The van der Waals surface area contributed by atoms with E-state index >= 15 is 4.39 Å². The number of hydrogen-bond donors (Lipinski definition) is 2. The van der Waals surface area contributed by atoms with Crippen molar-refractivity contribution in [3.8, 4) is 22.4 Å². The highest BCUT2D eigenvalue weighted by Gasteiger charge is 2.23. The summed E-state index contributed by atoms with van der Waals surface area (Å²) in [5, 5.41) is 18.5. The second-order valence-electron chi connectivity index (χ2n) is 8.35. The molecule has 0 saturated carbocycles. The zero-order chi connectivity index (χ0) is 24.1. The maximum Gasteiger partial charge on any atom is 0.337 e. The van der Waals surface area contributed by atoms with E-state index in [1.807, 2.05) is 26.0 Å². The first kappa shape index (κ1) is 22.0. The van der Waals surface area contributed by atoms with Crippen molar-refractivity contribution in [1.82, 2.24) is 15.2 Å². The second-order valence-corrected chi connectivity index (χ2v) is 8.76. The molecule has 5 aromatic rings. The number of carboxylic acids is 1. The Bertz CT molecular complexity index is 1590. The number of aromatic nitrogens is 3. The molecule has 0 spiro atoms. The van der Waals surface area contributed by atoms with Crippen molar-refractivity contribution >= 4 is 39.2 Å². The topological polar surface area (TPSA) is 78.9 Å². The molecule has 0 amide bonds. The van der Waals surface area contributed by atoms with Crippen LogP contribution in [-0.4, -0.2) is 26.3 Å². The van der Waals surface area contributed by atoms with Crippen LogP contribution in [0.15, 0.2) is 54.7 Å². The van der Waals surface area contributed by atoms with Gasteiger partial charge in [0.25, 0.3) is 0 Å². The monoisotopic (exact) mass is 477 g/mol. The highest BCUT2D eigenvalue weighted by atomic mass is 35.5. The number of carboxylic acid groups (broad SMARTS) is 1. The van der Waals surface area contributed by atoms with Gasteiger partial charge in [-0.25, -0.2) is 13.6 Å². The van der Waals surface area contributed by atoms with Crippen LogP contribution in [0.4, 0.5) is 8.78 Å². The van der Waals surface area contributed by atoms with E-state index in [-0.39, 0.29) is 27.9 Å². The highest BCUT2D eigenvalue weighted by Crippen LogP contribution is 2.42. The Morgan fingerprint density at radius 2 is 1.79 bits per heavy atom. The van der Waals surface area contributed by atoms with Gasteiger partial charge >= 0.3 is 5.97 Å². The lowest BCUT2D eigenvalue weighted by atomic mass is 9.89. The van der Waals surface area contributed by atoms with Crippen LogP contribution in [0.25, 0.3) is 44.1 Å². The molecular weight excluding hydrogens is 460 g/mol. The number of pyridine rings is 1. The van der Waals surface area contributed by atoms with Crippen molar-refractivity contribution in [2.45, 2.75) is 19.8 Å². The third-order valence-electron chi connectivity index (χ3n) is 5.81. The van der Waals surface area contributed by atoms with Gasteiger partial charge in [-0.15, -0.1) is 0 Å². The molecule has 170 valence electrons. The summed E-state index contributed by atoms with van der Waals surface area (Å²) >= 11 is 6.19. The number of hydrogen-bond acceptors (Lipinski definition) is 3. The summed E-state index contributed by atoms with van der Waals surface area (Å²) in [7, 11) is 0. The summed E-state index contributed by atoms with van der Waals surface area (Å²) in [4.78, 5) is 16.3. The smallest absolute Gasteiger partial charge is 0.337 e. The first-order chi connectivity index (χ1) is 16.2. The third-order valence-corrected chi connectivity index (χ3v) is 6.13. The van der Waals surface area contributed by atoms with Crippen LogP contribution in [0.3, 0.4) is 0 Å². The minimum absolute atomic E-state index is 0.0555. The molecular formula is C26H18ClF2N3O2. The fraction of sp³-hybridized carbons (Fsp3) is 0.115. The van der Waals surface area contributed by atoms with E-state index in [9.17, 15) is 14.3 Å². The van der Waals surface area contributed by atoms with Gasteiger partial charge in [-0.1, -0.05) is 37.6 Å². The van der Waals surface area contributed by atoms with E-state index in [0.29, 0.717) is 16.8 Å². The van der Waals surface area contributed by atoms with E-state index in [2.05, 4.69) is 10.2 Å². The fourth-order valence-electron chi connectivity index (χ4n) is 4.20. The molecule has 0 aliphatic heterocycles. The summed E-state index contributed by atoms with van der Waals surface area (Å²) in [6.45, 7) is 3.94.